The average Bonchev–Trinajstić information content (AvgIpc) is 3.82. The normalized spacial score (nSPS) is 22.9. The lowest BCUT2D eigenvalue weighted by Crippen LogP contribution is -2.49. The van der Waals surface area contributed by atoms with Gasteiger partial charge in [-0.3, -0.25) is 4.79 Å². The molecule has 4 N–H and O–H groups in total. The molecule has 3 aliphatic heterocycles. The number of ether oxygens (including phenoxy) is 4. The van der Waals surface area contributed by atoms with Gasteiger partial charge in [0.05, 0.1) is 37.3 Å². The van der Waals surface area contributed by atoms with Gasteiger partial charge in [0.15, 0.2) is 6.29 Å². The molecule has 296 valence electrons. The van der Waals surface area contributed by atoms with Gasteiger partial charge < -0.3 is 44.7 Å². The average molecular weight is 789 g/mol. The summed E-state index contributed by atoms with van der Waals surface area (Å²) in [5.41, 5.74) is 3.44. The Morgan fingerprint density at radius 1 is 1.02 bits per heavy atom. The SMILES string of the molecule is CN(C)c1ccc(-c2ccc(C[C@H](NC(=O)O[C@H]3CO[C@H]4OCC[C@H]43)C(O)C[C@@H](Cc3ccccc3F)C(=O)N[C@H]3c4cc(Cl)ccc4OC[C@H]3O)cc2)cn1. The van der Waals surface area contributed by atoms with Crippen molar-refractivity contribution in [1.29, 1.82) is 0 Å². The second kappa shape index (κ2) is 17.6. The summed E-state index contributed by atoms with van der Waals surface area (Å²) in [6, 6.07) is 20.9. The second-order valence-electron chi connectivity index (χ2n) is 14.8. The standard InChI is InChI=1S/C42H46ClFN4O8/c1-48(2)38-14-11-27(21-45-38)25-9-7-24(8-10-25)17-33(46-42(52)56-37-23-55-41-30(37)15-16-53-41)34(49)19-28(18-26-5-3-4-6-32(26)44)40(51)47-39-31-20-29(43)12-13-36(31)54-22-35(39)50/h3-14,20-21,28,30,33-35,37,39,41,49-50H,15-19,22-23H2,1-2H3,(H,46,52)(H,47,51)/t28-,30+,33+,34?,35-,37+,39+,41-/m1/s1. The predicted octanol–water partition coefficient (Wildman–Crippen LogP) is 5.23. The van der Waals surface area contributed by atoms with Gasteiger partial charge in [0.2, 0.25) is 5.91 Å². The molecule has 4 aromatic rings. The Hall–Kier alpha value is -4.79. The highest BCUT2D eigenvalue weighted by atomic mass is 35.5. The molecular weight excluding hydrogens is 743 g/mol. The molecule has 1 unspecified atom stereocenters. The Morgan fingerprint density at radius 3 is 2.55 bits per heavy atom. The third kappa shape index (κ3) is 9.25. The van der Waals surface area contributed by atoms with Gasteiger partial charge in [-0.2, -0.15) is 0 Å². The topological polar surface area (TPSA) is 152 Å². The Morgan fingerprint density at radius 2 is 1.80 bits per heavy atom. The highest BCUT2D eigenvalue weighted by Crippen LogP contribution is 2.36. The molecule has 12 nitrogen and oxygen atoms in total. The smallest absolute Gasteiger partial charge is 0.407 e. The zero-order valence-electron chi connectivity index (χ0n) is 31.1. The number of halogens is 2. The van der Waals surface area contributed by atoms with E-state index < -0.39 is 60.4 Å². The monoisotopic (exact) mass is 788 g/mol. The maximum absolute atomic E-state index is 15.1. The highest BCUT2D eigenvalue weighted by molar-refractivity contribution is 6.30. The summed E-state index contributed by atoms with van der Waals surface area (Å²) in [4.78, 5) is 34.1. The minimum Gasteiger partial charge on any atom is -0.490 e. The summed E-state index contributed by atoms with van der Waals surface area (Å²) >= 11 is 6.27. The van der Waals surface area contributed by atoms with Gasteiger partial charge in [-0.15, -0.1) is 0 Å². The Balaban J connectivity index is 1.12. The van der Waals surface area contributed by atoms with Gasteiger partial charge >= 0.3 is 6.09 Å². The number of carbonyl (C=O) groups excluding carboxylic acids is 2. The van der Waals surface area contributed by atoms with Gasteiger partial charge in [0, 0.05) is 42.4 Å². The van der Waals surface area contributed by atoms with Gasteiger partial charge in [-0.05, 0) is 78.8 Å². The molecule has 1 aromatic heterocycles. The molecule has 2 amide bonds. The molecule has 3 aromatic carbocycles. The number of carbonyl (C=O) groups is 2. The fraction of sp³-hybridized carbons (Fsp3) is 0.405. The van der Waals surface area contributed by atoms with E-state index in [0.717, 1.165) is 22.5 Å². The number of aliphatic hydroxyl groups is 2. The zero-order valence-corrected chi connectivity index (χ0v) is 31.9. The van der Waals surface area contributed by atoms with Crippen LogP contribution in [0.2, 0.25) is 5.02 Å². The first-order valence-corrected chi connectivity index (χ1v) is 19.2. The Bertz CT molecular complexity index is 1990. The Labute approximate surface area is 329 Å². The number of aliphatic hydroxyl groups excluding tert-OH is 2. The molecule has 2 saturated heterocycles. The van der Waals surface area contributed by atoms with Gasteiger partial charge in [-0.1, -0.05) is 54.1 Å². The first-order valence-electron chi connectivity index (χ1n) is 18.8. The lowest BCUT2D eigenvalue weighted by molar-refractivity contribution is -0.128. The van der Waals surface area contributed by atoms with Crippen molar-refractivity contribution in [3.05, 3.63) is 113 Å². The largest absolute Gasteiger partial charge is 0.490 e. The van der Waals surface area contributed by atoms with Crippen molar-refractivity contribution in [1.82, 2.24) is 15.6 Å². The van der Waals surface area contributed by atoms with Gasteiger partial charge in [-0.25, -0.2) is 14.2 Å². The number of fused-ring (bicyclic) bond motifs is 2. The molecule has 0 saturated carbocycles. The van der Waals surface area contributed by atoms with E-state index in [1.54, 1.807) is 42.6 Å². The third-order valence-electron chi connectivity index (χ3n) is 10.7. The van der Waals surface area contributed by atoms with Crippen molar-refractivity contribution < 1.29 is 43.1 Å². The van der Waals surface area contributed by atoms with E-state index in [1.165, 1.54) is 6.07 Å². The minimum absolute atomic E-state index is 0.0632. The minimum atomic E-state index is -1.30. The second-order valence-corrected chi connectivity index (χ2v) is 15.2. The lowest BCUT2D eigenvalue weighted by atomic mass is 9.87. The van der Waals surface area contributed by atoms with Crippen LogP contribution >= 0.6 is 11.6 Å². The predicted molar refractivity (Wildman–Crippen MR) is 207 cm³/mol. The number of alkyl carbamates (subject to hydrolysis) is 1. The van der Waals surface area contributed by atoms with Crippen LogP contribution in [0.3, 0.4) is 0 Å². The van der Waals surface area contributed by atoms with E-state index in [9.17, 15) is 19.8 Å². The molecule has 2 fully saturated rings. The van der Waals surface area contributed by atoms with Crippen LogP contribution in [0.25, 0.3) is 11.1 Å². The maximum atomic E-state index is 15.1. The number of nitrogens with one attached hydrogen (secondary N) is 2. The summed E-state index contributed by atoms with van der Waals surface area (Å²) in [6.45, 7) is 0.642. The number of benzene rings is 3. The van der Waals surface area contributed by atoms with Gasteiger partial charge in [0.1, 0.15) is 36.2 Å². The molecule has 14 heteroatoms. The summed E-state index contributed by atoms with van der Waals surface area (Å²) < 4.78 is 37.8. The number of aromatic nitrogens is 1. The zero-order chi connectivity index (χ0) is 39.3. The van der Waals surface area contributed by atoms with Crippen LogP contribution in [0.5, 0.6) is 5.75 Å². The summed E-state index contributed by atoms with van der Waals surface area (Å²) in [6.07, 6.45) is -1.62. The van der Waals surface area contributed by atoms with Crippen LogP contribution in [0.4, 0.5) is 15.0 Å². The molecule has 0 bridgehead atoms. The number of rotatable bonds is 13. The van der Waals surface area contributed by atoms with E-state index in [2.05, 4.69) is 15.6 Å². The molecule has 0 spiro atoms. The molecule has 0 radical (unpaired) electrons. The van der Waals surface area contributed by atoms with E-state index in [0.29, 0.717) is 29.4 Å². The molecule has 7 rings (SSSR count). The van der Waals surface area contributed by atoms with Crippen LogP contribution in [0.1, 0.15) is 35.6 Å². The van der Waals surface area contributed by atoms with Crippen LogP contribution in [-0.2, 0) is 31.8 Å². The number of nitrogens with zero attached hydrogens (tertiary/aromatic N) is 2. The summed E-state index contributed by atoms with van der Waals surface area (Å²) in [5, 5.41) is 29.1. The number of hydrogen-bond donors (Lipinski definition) is 4. The molecule has 4 heterocycles. The van der Waals surface area contributed by atoms with E-state index in [4.69, 9.17) is 30.5 Å². The first kappa shape index (κ1) is 39.4. The Kier molecular flexibility index (Phi) is 12.4. The fourth-order valence-electron chi connectivity index (χ4n) is 7.55. The number of pyridine rings is 1. The van der Waals surface area contributed by atoms with E-state index in [-0.39, 0.29) is 44.0 Å². The molecule has 8 atom stereocenters. The lowest BCUT2D eigenvalue weighted by Gasteiger charge is -2.33. The van der Waals surface area contributed by atoms with Crippen molar-refractivity contribution in [3.63, 3.8) is 0 Å². The fourth-order valence-corrected chi connectivity index (χ4v) is 7.73. The third-order valence-corrected chi connectivity index (χ3v) is 10.9. The van der Waals surface area contributed by atoms with Crippen LogP contribution in [-0.4, -0.2) is 91.8 Å². The van der Waals surface area contributed by atoms with Crippen LogP contribution < -0.4 is 20.3 Å². The first-order chi connectivity index (χ1) is 27.0. The van der Waals surface area contributed by atoms with Crippen molar-refractivity contribution in [2.24, 2.45) is 11.8 Å². The van der Waals surface area contributed by atoms with Gasteiger partial charge in [0.25, 0.3) is 0 Å². The molecular formula is C42H46ClFN4O8. The summed E-state index contributed by atoms with van der Waals surface area (Å²) in [5.74, 6) is -0.804. The van der Waals surface area contributed by atoms with Crippen molar-refractivity contribution in [2.75, 3.05) is 38.8 Å². The number of hydrogen-bond acceptors (Lipinski definition) is 10. The van der Waals surface area contributed by atoms with Crippen molar-refractivity contribution in [3.8, 4) is 16.9 Å². The van der Waals surface area contributed by atoms with E-state index in [1.807, 2.05) is 55.4 Å². The quantitative estimate of drug-likeness (QED) is 0.142. The van der Waals surface area contributed by atoms with Crippen molar-refractivity contribution in [2.45, 2.75) is 62.4 Å². The molecule has 0 aliphatic carbocycles. The molecule has 56 heavy (non-hydrogen) atoms. The molecule has 3 aliphatic rings. The highest BCUT2D eigenvalue weighted by Gasteiger charge is 2.44. The van der Waals surface area contributed by atoms with Crippen molar-refractivity contribution >= 4 is 29.4 Å². The van der Waals surface area contributed by atoms with Crippen LogP contribution in [0, 0.1) is 17.7 Å². The number of amides is 2. The maximum Gasteiger partial charge on any atom is 0.407 e. The van der Waals surface area contributed by atoms with E-state index >= 15 is 4.39 Å². The number of anilines is 1. The summed E-state index contributed by atoms with van der Waals surface area (Å²) in [7, 11) is 3.85. The van der Waals surface area contributed by atoms with Crippen LogP contribution in [0.15, 0.2) is 85.1 Å².